The first-order chi connectivity index (χ1) is 13.4. The Hall–Kier alpha value is -2.31. The van der Waals surface area contributed by atoms with Crippen molar-refractivity contribution in [2.24, 2.45) is 0 Å². The van der Waals surface area contributed by atoms with Crippen LogP contribution in [0.4, 0.5) is 0 Å². The minimum atomic E-state index is -0.708. The fourth-order valence-corrected chi connectivity index (χ4v) is 2.92. The van der Waals surface area contributed by atoms with Crippen molar-refractivity contribution in [3.8, 4) is 0 Å². The second-order valence-electron chi connectivity index (χ2n) is 6.62. The third-order valence-electron chi connectivity index (χ3n) is 4.26. The predicted octanol–water partition coefficient (Wildman–Crippen LogP) is 3.22. The standard InChI is InChI=1S/C21H27ClN2O4/c1-16-9-10-19(28-16)14-24(13-18-7-5-4-6-8-18)20(25)15-23(11-12-27-3)21(26)17(2)22/h4-10,17H,11-15H2,1-3H3. The number of hydrogen-bond acceptors (Lipinski definition) is 4. The molecule has 0 saturated heterocycles. The normalized spacial score (nSPS) is 11.9. The largest absolute Gasteiger partial charge is 0.464 e. The van der Waals surface area contributed by atoms with Gasteiger partial charge >= 0.3 is 0 Å². The number of hydrogen-bond donors (Lipinski definition) is 0. The molecule has 152 valence electrons. The van der Waals surface area contributed by atoms with Gasteiger partial charge in [0.15, 0.2) is 0 Å². The zero-order chi connectivity index (χ0) is 20.5. The minimum absolute atomic E-state index is 0.0637. The van der Waals surface area contributed by atoms with Crippen LogP contribution in [0, 0.1) is 6.92 Å². The van der Waals surface area contributed by atoms with E-state index in [0.717, 1.165) is 11.3 Å². The van der Waals surface area contributed by atoms with E-state index in [2.05, 4.69) is 0 Å². The summed E-state index contributed by atoms with van der Waals surface area (Å²) in [6.07, 6.45) is 0. The molecule has 0 spiro atoms. The monoisotopic (exact) mass is 406 g/mol. The molecule has 0 aliphatic heterocycles. The summed E-state index contributed by atoms with van der Waals surface area (Å²) in [7, 11) is 1.55. The van der Waals surface area contributed by atoms with Gasteiger partial charge in [0.1, 0.15) is 16.9 Å². The highest BCUT2D eigenvalue weighted by molar-refractivity contribution is 6.30. The molecular formula is C21H27ClN2O4. The molecule has 7 heteroatoms. The van der Waals surface area contributed by atoms with E-state index in [9.17, 15) is 9.59 Å². The van der Waals surface area contributed by atoms with Gasteiger partial charge in [-0.05, 0) is 31.5 Å². The summed E-state index contributed by atoms with van der Waals surface area (Å²) in [5.74, 6) is 1.01. The van der Waals surface area contributed by atoms with Gasteiger partial charge in [-0.1, -0.05) is 30.3 Å². The van der Waals surface area contributed by atoms with Gasteiger partial charge in [0.25, 0.3) is 0 Å². The van der Waals surface area contributed by atoms with E-state index < -0.39 is 5.38 Å². The minimum Gasteiger partial charge on any atom is -0.464 e. The summed E-state index contributed by atoms with van der Waals surface area (Å²) in [6, 6.07) is 13.4. The van der Waals surface area contributed by atoms with Crippen LogP contribution in [0.25, 0.3) is 0 Å². The first-order valence-electron chi connectivity index (χ1n) is 9.19. The van der Waals surface area contributed by atoms with Gasteiger partial charge in [-0.3, -0.25) is 9.59 Å². The molecule has 0 N–H and O–H groups in total. The van der Waals surface area contributed by atoms with Gasteiger partial charge in [-0.2, -0.15) is 0 Å². The van der Waals surface area contributed by atoms with Gasteiger partial charge in [0, 0.05) is 20.2 Å². The topological polar surface area (TPSA) is 63.0 Å². The molecule has 28 heavy (non-hydrogen) atoms. The van der Waals surface area contributed by atoms with Crippen LogP contribution in [0.15, 0.2) is 46.9 Å². The van der Waals surface area contributed by atoms with Crippen LogP contribution in [-0.4, -0.2) is 53.8 Å². The Balaban J connectivity index is 2.16. The van der Waals surface area contributed by atoms with Crippen molar-refractivity contribution in [1.82, 2.24) is 9.80 Å². The first kappa shape index (κ1) is 22.0. The smallest absolute Gasteiger partial charge is 0.242 e. The Morgan fingerprint density at radius 1 is 1.11 bits per heavy atom. The van der Waals surface area contributed by atoms with Crippen molar-refractivity contribution >= 4 is 23.4 Å². The lowest BCUT2D eigenvalue weighted by molar-refractivity contribution is -0.141. The van der Waals surface area contributed by atoms with Gasteiger partial charge in [0.2, 0.25) is 11.8 Å². The molecule has 2 aromatic rings. The molecule has 6 nitrogen and oxygen atoms in total. The van der Waals surface area contributed by atoms with E-state index in [4.69, 9.17) is 20.8 Å². The Kier molecular flexibility index (Phi) is 8.54. The van der Waals surface area contributed by atoms with Crippen LogP contribution in [0.3, 0.4) is 0 Å². The second kappa shape index (κ2) is 10.9. The molecule has 0 aliphatic rings. The molecule has 2 rings (SSSR count). The molecule has 2 amide bonds. The maximum Gasteiger partial charge on any atom is 0.242 e. The third kappa shape index (κ3) is 6.69. The number of carbonyl (C=O) groups is 2. The van der Waals surface area contributed by atoms with Crippen LogP contribution >= 0.6 is 11.6 Å². The number of aryl methyl sites for hydroxylation is 1. The SMILES string of the molecule is COCCN(CC(=O)N(Cc1ccccc1)Cc1ccc(C)o1)C(=O)C(C)Cl. The number of alkyl halides is 1. The van der Waals surface area contributed by atoms with Crippen LogP contribution < -0.4 is 0 Å². The fraction of sp³-hybridized carbons (Fsp3) is 0.429. The number of benzene rings is 1. The summed E-state index contributed by atoms with van der Waals surface area (Å²) in [5.41, 5.74) is 1.000. The average Bonchev–Trinajstić information content (AvgIpc) is 3.09. The number of carbonyl (C=O) groups excluding carboxylic acids is 2. The number of amides is 2. The molecule has 1 unspecified atom stereocenters. The van der Waals surface area contributed by atoms with Crippen molar-refractivity contribution in [2.45, 2.75) is 32.3 Å². The summed E-state index contributed by atoms with van der Waals surface area (Å²) in [4.78, 5) is 28.6. The molecule has 1 aromatic heterocycles. The Bertz CT molecular complexity index is 761. The van der Waals surface area contributed by atoms with Crippen molar-refractivity contribution in [3.05, 3.63) is 59.5 Å². The van der Waals surface area contributed by atoms with Crippen molar-refractivity contribution in [3.63, 3.8) is 0 Å². The third-order valence-corrected chi connectivity index (χ3v) is 4.44. The zero-order valence-corrected chi connectivity index (χ0v) is 17.3. The lowest BCUT2D eigenvalue weighted by Crippen LogP contribution is -2.45. The van der Waals surface area contributed by atoms with E-state index >= 15 is 0 Å². The summed E-state index contributed by atoms with van der Waals surface area (Å²) in [6.45, 7) is 4.77. The van der Waals surface area contributed by atoms with Crippen molar-refractivity contribution < 1.29 is 18.7 Å². The van der Waals surface area contributed by atoms with E-state index in [1.165, 1.54) is 4.90 Å². The fourth-order valence-electron chi connectivity index (χ4n) is 2.78. The summed E-state index contributed by atoms with van der Waals surface area (Å²) < 4.78 is 10.7. The number of nitrogens with zero attached hydrogens (tertiary/aromatic N) is 2. The second-order valence-corrected chi connectivity index (χ2v) is 7.27. The summed E-state index contributed by atoms with van der Waals surface area (Å²) >= 11 is 5.96. The molecule has 1 heterocycles. The highest BCUT2D eigenvalue weighted by Crippen LogP contribution is 2.14. The lowest BCUT2D eigenvalue weighted by Gasteiger charge is -2.28. The predicted molar refractivity (Wildman–Crippen MR) is 108 cm³/mol. The number of halogens is 1. The maximum atomic E-state index is 13.1. The van der Waals surface area contributed by atoms with Gasteiger partial charge in [-0.15, -0.1) is 11.6 Å². The van der Waals surface area contributed by atoms with Crippen LogP contribution in [0.1, 0.15) is 24.0 Å². The number of rotatable bonds is 10. The average molecular weight is 407 g/mol. The first-order valence-corrected chi connectivity index (χ1v) is 9.63. The summed E-state index contributed by atoms with van der Waals surface area (Å²) in [5, 5.41) is -0.708. The van der Waals surface area contributed by atoms with Crippen molar-refractivity contribution in [2.75, 3.05) is 26.8 Å². The Morgan fingerprint density at radius 2 is 1.82 bits per heavy atom. The Morgan fingerprint density at radius 3 is 2.39 bits per heavy atom. The van der Waals surface area contributed by atoms with Gasteiger partial charge in [-0.25, -0.2) is 0 Å². The van der Waals surface area contributed by atoms with E-state index in [0.29, 0.717) is 32.0 Å². The highest BCUT2D eigenvalue weighted by Gasteiger charge is 2.24. The quantitative estimate of drug-likeness (QED) is 0.568. The molecule has 1 atom stereocenters. The number of furan rings is 1. The number of methoxy groups -OCH3 is 1. The maximum absolute atomic E-state index is 13.1. The molecule has 0 radical (unpaired) electrons. The number of ether oxygens (including phenoxy) is 1. The zero-order valence-electron chi connectivity index (χ0n) is 16.6. The molecule has 0 fully saturated rings. The van der Waals surface area contributed by atoms with Gasteiger partial charge < -0.3 is 19.0 Å². The Labute approximate surface area is 171 Å². The highest BCUT2D eigenvalue weighted by atomic mass is 35.5. The molecule has 0 bridgehead atoms. The van der Waals surface area contributed by atoms with Gasteiger partial charge in [0.05, 0.1) is 19.7 Å². The molecule has 1 aromatic carbocycles. The van der Waals surface area contributed by atoms with E-state index in [-0.39, 0.29) is 18.4 Å². The van der Waals surface area contributed by atoms with E-state index in [1.54, 1.807) is 18.9 Å². The molecule has 0 saturated carbocycles. The van der Waals surface area contributed by atoms with Crippen molar-refractivity contribution in [1.29, 1.82) is 0 Å². The van der Waals surface area contributed by atoms with Crippen LogP contribution in [0.5, 0.6) is 0 Å². The molecular weight excluding hydrogens is 380 g/mol. The lowest BCUT2D eigenvalue weighted by atomic mass is 10.2. The van der Waals surface area contributed by atoms with E-state index in [1.807, 2.05) is 49.4 Å². The van der Waals surface area contributed by atoms with Crippen LogP contribution in [-0.2, 0) is 27.4 Å². The van der Waals surface area contributed by atoms with Crippen LogP contribution in [0.2, 0.25) is 0 Å². The molecule has 0 aliphatic carbocycles.